The average Bonchev–Trinajstić information content (AvgIpc) is 2.16. The molecule has 1 fully saturated rings. The molecule has 3 nitrogen and oxygen atoms in total. The Labute approximate surface area is 74.4 Å². The van der Waals surface area contributed by atoms with Crippen molar-refractivity contribution in [3.05, 3.63) is 0 Å². The lowest BCUT2D eigenvalue weighted by Crippen LogP contribution is -2.32. The maximum absolute atomic E-state index is 5.15. The van der Waals surface area contributed by atoms with E-state index in [4.69, 9.17) is 9.47 Å². The molecular formula is C9H19NO2. The molecule has 0 amide bonds. The van der Waals surface area contributed by atoms with Gasteiger partial charge in [0.1, 0.15) is 0 Å². The number of ether oxygens (including phenoxy) is 2. The summed E-state index contributed by atoms with van der Waals surface area (Å²) in [5.41, 5.74) is 0. The third-order valence-electron chi connectivity index (χ3n) is 2.45. The van der Waals surface area contributed by atoms with E-state index < -0.39 is 0 Å². The van der Waals surface area contributed by atoms with Gasteiger partial charge < -0.3 is 14.8 Å². The lowest BCUT2D eigenvalue weighted by atomic mass is 9.96. The van der Waals surface area contributed by atoms with Crippen molar-refractivity contribution in [1.82, 2.24) is 5.32 Å². The summed E-state index contributed by atoms with van der Waals surface area (Å²) >= 11 is 0. The normalized spacial score (nSPS) is 24.8. The number of methoxy groups -OCH3 is 2. The number of piperidine rings is 1. The molecule has 1 atom stereocenters. The van der Waals surface area contributed by atoms with Crippen LogP contribution in [0.2, 0.25) is 0 Å². The zero-order valence-corrected chi connectivity index (χ0v) is 8.01. The monoisotopic (exact) mass is 173 g/mol. The average molecular weight is 173 g/mol. The Bertz CT molecular complexity index is 109. The zero-order chi connectivity index (χ0) is 8.81. The van der Waals surface area contributed by atoms with Crippen molar-refractivity contribution in [2.75, 3.05) is 27.3 Å². The molecule has 0 aromatic carbocycles. The predicted molar refractivity (Wildman–Crippen MR) is 48.0 cm³/mol. The molecule has 0 radical (unpaired) electrons. The summed E-state index contributed by atoms with van der Waals surface area (Å²) in [6.07, 6.45) is 3.58. The molecular weight excluding hydrogens is 154 g/mol. The van der Waals surface area contributed by atoms with Crippen LogP contribution in [0.15, 0.2) is 0 Å². The molecule has 1 heterocycles. The zero-order valence-electron chi connectivity index (χ0n) is 8.01. The highest BCUT2D eigenvalue weighted by Crippen LogP contribution is 2.17. The summed E-state index contributed by atoms with van der Waals surface area (Å²) < 4.78 is 10.3. The SMILES string of the molecule is COC(CC1CCCNC1)OC. The van der Waals surface area contributed by atoms with Gasteiger partial charge >= 0.3 is 0 Å². The Balaban J connectivity index is 2.18. The number of rotatable bonds is 4. The Kier molecular flexibility index (Phi) is 4.58. The number of nitrogens with one attached hydrogen (secondary N) is 1. The van der Waals surface area contributed by atoms with Crippen LogP contribution in [0.25, 0.3) is 0 Å². The van der Waals surface area contributed by atoms with Crippen LogP contribution in [0.1, 0.15) is 19.3 Å². The van der Waals surface area contributed by atoms with Crippen molar-refractivity contribution < 1.29 is 9.47 Å². The molecule has 0 aromatic rings. The lowest BCUT2D eigenvalue weighted by molar-refractivity contribution is -0.115. The van der Waals surface area contributed by atoms with Crippen LogP contribution in [-0.2, 0) is 9.47 Å². The van der Waals surface area contributed by atoms with Crippen molar-refractivity contribution in [2.45, 2.75) is 25.6 Å². The molecule has 12 heavy (non-hydrogen) atoms. The topological polar surface area (TPSA) is 30.5 Å². The fourth-order valence-electron chi connectivity index (χ4n) is 1.69. The summed E-state index contributed by atoms with van der Waals surface area (Å²) in [6, 6.07) is 0. The molecule has 1 aliphatic heterocycles. The van der Waals surface area contributed by atoms with E-state index in [-0.39, 0.29) is 6.29 Å². The molecule has 0 spiro atoms. The number of hydrogen-bond acceptors (Lipinski definition) is 3. The third-order valence-corrected chi connectivity index (χ3v) is 2.45. The molecule has 1 N–H and O–H groups in total. The van der Waals surface area contributed by atoms with Gasteiger partial charge in [0.05, 0.1) is 0 Å². The molecule has 0 aromatic heterocycles. The van der Waals surface area contributed by atoms with Crippen LogP contribution >= 0.6 is 0 Å². The van der Waals surface area contributed by atoms with Gasteiger partial charge in [0.2, 0.25) is 0 Å². The predicted octanol–water partition coefficient (Wildman–Crippen LogP) is 0.995. The van der Waals surface area contributed by atoms with Crippen molar-refractivity contribution in [3.63, 3.8) is 0 Å². The highest BCUT2D eigenvalue weighted by atomic mass is 16.7. The molecule has 1 rings (SSSR count). The Morgan fingerprint density at radius 1 is 1.42 bits per heavy atom. The summed E-state index contributed by atoms with van der Waals surface area (Å²) in [6.45, 7) is 2.28. The van der Waals surface area contributed by atoms with Gasteiger partial charge in [-0.25, -0.2) is 0 Å². The fourth-order valence-corrected chi connectivity index (χ4v) is 1.69. The summed E-state index contributed by atoms with van der Waals surface area (Å²) in [4.78, 5) is 0. The standard InChI is InChI=1S/C9H19NO2/c1-11-9(12-2)6-8-4-3-5-10-7-8/h8-10H,3-7H2,1-2H3. The van der Waals surface area contributed by atoms with E-state index in [0.717, 1.165) is 18.9 Å². The Morgan fingerprint density at radius 3 is 2.67 bits per heavy atom. The number of hydrogen-bond donors (Lipinski definition) is 1. The lowest BCUT2D eigenvalue weighted by Gasteiger charge is -2.25. The van der Waals surface area contributed by atoms with Gasteiger partial charge in [0.25, 0.3) is 0 Å². The van der Waals surface area contributed by atoms with Gasteiger partial charge in [-0.15, -0.1) is 0 Å². The second kappa shape index (κ2) is 5.51. The van der Waals surface area contributed by atoms with E-state index in [0.29, 0.717) is 0 Å². The largest absolute Gasteiger partial charge is 0.356 e. The highest BCUT2D eigenvalue weighted by Gasteiger charge is 2.17. The minimum atomic E-state index is -0.0186. The molecule has 1 aliphatic rings. The maximum Gasteiger partial charge on any atom is 0.157 e. The molecule has 1 unspecified atom stereocenters. The van der Waals surface area contributed by atoms with E-state index in [2.05, 4.69) is 5.32 Å². The van der Waals surface area contributed by atoms with Gasteiger partial charge in [-0.2, -0.15) is 0 Å². The minimum absolute atomic E-state index is 0.0186. The van der Waals surface area contributed by atoms with E-state index >= 15 is 0 Å². The first-order valence-electron chi connectivity index (χ1n) is 4.63. The van der Waals surface area contributed by atoms with Gasteiger partial charge in [-0.1, -0.05) is 0 Å². The first kappa shape index (κ1) is 9.96. The smallest absolute Gasteiger partial charge is 0.157 e. The Hall–Kier alpha value is -0.120. The van der Waals surface area contributed by atoms with Crippen LogP contribution in [0.5, 0.6) is 0 Å². The van der Waals surface area contributed by atoms with Crippen molar-refractivity contribution in [2.24, 2.45) is 5.92 Å². The van der Waals surface area contributed by atoms with Crippen LogP contribution in [-0.4, -0.2) is 33.6 Å². The van der Waals surface area contributed by atoms with Crippen LogP contribution in [0.3, 0.4) is 0 Å². The van der Waals surface area contributed by atoms with Crippen molar-refractivity contribution >= 4 is 0 Å². The molecule has 0 aliphatic carbocycles. The van der Waals surface area contributed by atoms with Crippen molar-refractivity contribution in [1.29, 1.82) is 0 Å². The van der Waals surface area contributed by atoms with Crippen molar-refractivity contribution in [3.8, 4) is 0 Å². The highest BCUT2D eigenvalue weighted by molar-refractivity contribution is 4.69. The second-order valence-corrected chi connectivity index (χ2v) is 3.35. The van der Waals surface area contributed by atoms with Gasteiger partial charge in [-0.3, -0.25) is 0 Å². The fraction of sp³-hybridized carbons (Fsp3) is 1.00. The first-order valence-corrected chi connectivity index (χ1v) is 4.63. The third kappa shape index (κ3) is 3.09. The van der Waals surface area contributed by atoms with Gasteiger partial charge in [0.15, 0.2) is 6.29 Å². The van der Waals surface area contributed by atoms with E-state index in [1.54, 1.807) is 14.2 Å². The van der Waals surface area contributed by atoms with E-state index in [1.165, 1.54) is 19.4 Å². The molecule has 72 valence electrons. The van der Waals surface area contributed by atoms with Crippen LogP contribution in [0, 0.1) is 5.92 Å². The van der Waals surface area contributed by atoms with E-state index in [1.807, 2.05) is 0 Å². The summed E-state index contributed by atoms with van der Waals surface area (Å²) in [5.74, 6) is 0.726. The first-order chi connectivity index (χ1) is 5.86. The van der Waals surface area contributed by atoms with Crippen LogP contribution in [0.4, 0.5) is 0 Å². The molecule has 1 saturated heterocycles. The van der Waals surface area contributed by atoms with Crippen LogP contribution < -0.4 is 5.32 Å². The van der Waals surface area contributed by atoms with Gasteiger partial charge in [-0.05, 0) is 31.8 Å². The van der Waals surface area contributed by atoms with Gasteiger partial charge in [0, 0.05) is 20.6 Å². The molecule has 0 saturated carbocycles. The van der Waals surface area contributed by atoms with E-state index in [9.17, 15) is 0 Å². The Morgan fingerprint density at radius 2 is 2.17 bits per heavy atom. The minimum Gasteiger partial charge on any atom is -0.356 e. The summed E-state index contributed by atoms with van der Waals surface area (Å²) in [7, 11) is 3.40. The maximum atomic E-state index is 5.15. The molecule has 3 heteroatoms. The molecule has 0 bridgehead atoms. The quantitative estimate of drug-likeness (QED) is 0.643. The second-order valence-electron chi connectivity index (χ2n) is 3.35. The summed E-state index contributed by atoms with van der Waals surface area (Å²) in [5, 5.41) is 3.38.